The van der Waals surface area contributed by atoms with Crippen LogP contribution in [0.4, 0.5) is 0 Å². The molecule has 0 saturated carbocycles. The van der Waals surface area contributed by atoms with Crippen molar-refractivity contribution in [2.24, 2.45) is 11.1 Å². The molecule has 0 N–H and O–H groups in total. The maximum Gasteiger partial charge on any atom is 0.117 e. The Morgan fingerprint density at radius 3 is 2.64 bits per heavy atom. The summed E-state index contributed by atoms with van der Waals surface area (Å²) in [5, 5.41) is 3.89. The second kappa shape index (κ2) is 6.19. The van der Waals surface area contributed by atoms with Crippen LogP contribution < -0.4 is 0 Å². The molecule has 0 atom stereocenters. The Balaban J connectivity index is 2.21. The predicted octanol–water partition coefficient (Wildman–Crippen LogP) is 3.08. The van der Waals surface area contributed by atoms with Gasteiger partial charge in [0.2, 0.25) is 0 Å². The molecule has 2 nitrogen and oxygen atoms in total. The van der Waals surface area contributed by atoms with Gasteiger partial charge in [0.15, 0.2) is 0 Å². The summed E-state index contributed by atoms with van der Waals surface area (Å²) in [6.07, 6.45) is 2.78. The fraction of sp³-hybridized carbons (Fsp3) is 0.417. The lowest BCUT2D eigenvalue weighted by Crippen LogP contribution is -1.94. The molecule has 2 heteroatoms. The monoisotopic (exact) mass is 191 g/mol. The van der Waals surface area contributed by atoms with E-state index in [1.165, 1.54) is 0 Å². The Kier molecular flexibility index (Phi) is 4.76. The summed E-state index contributed by atoms with van der Waals surface area (Å²) in [7, 11) is 0. The van der Waals surface area contributed by atoms with Crippen molar-refractivity contribution < 1.29 is 4.84 Å². The molecule has 0 unspecified atom stereocenters. The van der Waals surface area contributed by atoms with Gasteiger partial charge in [-0.15, -0.1) is 0 Å². The standard InChI is InChI=1S/C12H17NO/c1-11(2)8-9-14-13-10-12-6-4-3-5-7-12/h3-7,10-11H,8-9H2,1-2H3. The highest BCUT2D eigenvalue weighted by molar-refractivity contribution is 5.78. The van der Waals surface area contributed by atoms with Crippen LogP contribution in [-0.2, 0) is 4.84 Å². The van der Waals surface area contributed by atoms with Gasteiger partial charge < -0.3 is 4.84 Å². The lowest BCUT2D eigenvalue weighted by Gasteiger charge is -2.01. The van der Waals surface area contributed by atoms with Crippen LogP contribution in [0, 0.1) is 5.92 Å². The molecule has 1 aromatic carbocycles. The number of hydrogen-bond acceptors (Lipinski definition) is 2. The van der Waals surface area contributed by atoms with Gasteiger partial charge in [0.1, 0.15) is 6.61 Å². The number of rotatable bonds is 5. The van der Waals surface area contributed by atoms with Crippen LogP contribution in [0.3, 0.4) is 0 Å². The van der Waals surface area contributed by atoms with E-state index < -0.39 is 0 Å². The fourth-order valence-corrected chi connectivity index (χ4v) is 0.978. The van der Waals surface area contributed by atoms with Crippen molar-refractivity contribution in [3.05, 3.63) is 35.9 Å². The Morgan fingerprint density at radius 1 is 1.29 bits per heavy atom. The Bertz CT molecular complexity index is 267. The van der Waals surface area contributed by atoms with Gasteiger partial charge >= 0.3 is 0 Å². The second-order valence-corrected chi connectivity index (χ2v) is 3.66. The normalized spacial score (nSPS) is 11.1. The molecule has 0 spiro atoms. The molecular weight excluding hydrogens is 174 g/mol. The van der Waals surface area contributed by atoms with Crippen molar-refractivity contribution in [1.29, 1.82) is 0 Å². The molecule has 76 valence electrons. The van der Waals surface area contributed by atoms with E-state index in [0.717, 1.165) is 12.0 Å². The van der Waals surface area contributed by atoms with E-state index in [2.05, 4.69) is 19.0 Å². The smallest absolute Gasteiger partial charge is 0.117 e. The first-order valence-corrected chi connectivity index (χ1v) is 4.99. The topological polar surface area (TPSA) is 21.6 Å². The molecule has 0 amide bonds. The van der Waals surface area contributed by atoms with E-state index in [9.17, 15) is 0 Å². The van der Waals surface area contributed by atoms with Gasteiger partial charge in [-0.1, -0.05) is 49.3 Å². The molecular formula is C12H17NO. The molecule has 0 bridgehead atoms. The third kappa shape index (κ3) is 4.65. The van der Waals surface area contributed by atoms with E-state index in [1.807, 2.05) is 30.3 Å². The molecule has 14 heavy (non-hydrogen) atoms. The predicted molar refractivity (Wildman–Crippen MR) is 59.4 cm³/mol. The van der Waals surface area contributed by atoms with Gasteiger partial charge in [0, 0.05) is 0 Å². The molecule has 0 aliphatic heterocycles. The van der Waals surface area contributed by atoms with E-state index in [4.69, 9.17) is 4.84 Å². The molecule has 0 aliphatic rings. The van der Waals surface area contributed by atoms with Crippen LogP contribution >= 0.6 is 0 Å². The summed E-state index contributed by atoms with van der Waals surface area (Å²) in [5.74, 6) is 0.668. The largest absolute Gasteiger partial charge is 0.396 e. The molecule has 0 aliphatic carbocycles. The first-order chi connectivity index (χ1) is 6.79. The zero-order chi connectivity index (χ0) is 10.2. The van der Waals surface area contributed by atoms with Crippen molar-refractivity contribution in [3.63, 3.8) is 0 Å². The second-order valence-electron chi connectivity index (χ2n) is 3.66. The van der Waals surface area contributed by atoms with Crippen LogP contribution in [0.2, 0.25) is 0 Å². The lowest BCUT2D eigenvalue weighted by molar-refractivity contribution is 0.134. The van der Waals surface area contributed by atoms with Gasteiger partial charge in [-0.25, -0.2) is 0 Å². The van der Waals surface area contributed by atoms with Crippen molar-refractivity contribution in [2.45, 2.75) is 20.3 Å². The number of hydrogen-bond donors (Lipinski definition) is 0. The van der Waals surface area contributed by atoms with Crippen LogP contribution in [0.5, 0.6) is 0 Å². The van der Waals surface area contributed by atoms with Gasteiger partial charge in [0.25, 0.3) is 0 Å². The van der Waals surface area contributed by atoms with Crippen LogP contribution in [-0.4, -0.2) is 12.8 Å². The first kappa shape index (κ1) is 10.8. The minimum Gasteiger partial charge on any atom is -0.396 e. The Hall–Kier alpha value is -1.31. The molecule has 1 aromatic rings. The lowest BCUT2D eigenvalue weighted by atomic mass is 10.1. The minimum absolute atomic E-state index is 0.668. The summed E-state index contributed by atoms with van der Waals surface area (Å²) in [4.78, 5) is 5.12. The zero-order valence-corrected chi connectivity index (χ0v) is 8.81. The van der Waals surface area contributed by atoms with E-state index in [1.54, 1.807) is 6.21 Å². The minimum atomic E-state index is 0.668. The van der Waals surface area contributed by atoms with E-state index in [-0.39, 0.29) is 0 Å². The summed E-state index contributed by atoms with van der Waals surface area (Å²) >= 11 is 0. The van der Waals surface area contributed by atoms with Crippen molar-refractivity contribution >= 4 is 6.21 Å². The summed E-state index contributed by atoms with van der Waals surface area (Å²) in [5.41, 5.74) is 1.07. The summed E-state index contributed by atoms with van der Waals surface area (Å²) < 4.78 is 0. The average molecular weight is 191 g/mol. The third-order valence-electron chi connectivity index (χ3n) is 1.86. The highest BCUT2D eigenvalue weighted by Gasteiger charge is 1.92. The number of nitrogens with zero attached hydrogens (tertiary/aromatic N) is 1. The zero-order valence-electron chi connectivity index (χ0n) is 8.81. The number of oxime groups is 1. The maximum absolute atomic E-state index is 5.12. The van der Waals surface area contributed by atoms with Gasteiger partial charge in [-0.3, -0.25) is 0 Å². The average Bonchev–Trinajstić information content (AvgIpc) is 2.18. The van der Waals surface area contributed by atoms with Gasteiger partial charge in [-0.05, 0) is 17.9 Å². The molecule has 0 heterocycles. The maximum atomic E-state index is 5.12. The Morgan fingerprint density at radius 2 is 2.00 bits per heavy atom. The van der Waals surface area contributed by atoms with Crippen molar-refractivity contribution in [1.82, 2.24) is 0 Å². The molecule has 0 aromatic heterocycles. The van der Waals surface area contributed by atoms with Crippen LogP contribution in [0.25, 0.3) is 0 Å². The number of benzene rings is 1. The van der Waals surface area contributed by atoms with Gasteiger partial charge in [-0.2, -0.15) is 0 Å². The van der Waals surface area contributed by atoms with E-state index in [0.29, 0.717) is 12.5 Å². The third-order valence-corrected chi connectivity index (χ3v) is 1.86. The van der Waals surface area contributed by atoms with E-state index >= 15 is 0 Å². The van der Waals surface area contributed by atoms with Crippen LogP contribution in [0.15, 0.2) is 35.5 Å². The van der Waals surface area contributed by atoms with Gasteiger partial charge in [0.05, 0.1) is 6.21 Å². The Labute approximate surface area is 85.6 Å². The van der Waals surface area contributed by atoms with Crippen molar-refractivity contribution in [2.75, 3.05) is 6.61 Å². The molecule has 0 radical (unpaired) electrons. The highest BCUT2D eigenvalue weighted by atomic mass is 16.6. The summed E-state index contributed by atoms with van der Waals surface area (Å²) in [6, 6.07) is 9.94. The van der Waals surface area contributed by atoms with Crippen molar-refractivity contribution in [3.8, 4) is 0 Å². The molecule has 1 rings (SSSR count). The highest BCUT2D eigenvalue weighted by Crippen LogP contribution is 1.99. The van der Waals surface area contributed by atoms with Crippen LogP contribution in [0.1, 0.15) is 25.8 Å². The fourth-order valence-electron chi connectivity index (χ4n) is 0.978. The first-order valence-electron chi connectivity index (χ1n) is 4.99. The molecule has 0 saturated heterocycles. The summed E-state index contributed by atoms with van der Waals surface area (Å²) in [6.45, 7) is 5.04. The molecule has 0 fully saturated rings. The quantitative estimate of drug-likeness (QED) is 0.398. The SMILES string of the molecule is CC(C)CCON=Cc1ccccc1.